The van der Waals surface area contributed by atoms with Crippen LogP contribution in [0.2, 0.25) is 0 Å². The molecular formula is C14H19BrN4O. The van der Waals surface area contributed by atoms with Gasteiger partial charge in [-0.2, -0.15) is 5.10 Å². The van der Waals surface area contributed by atoms with Crippen LogP contribution in [0.5, 0.6) is 5.75 Å². The molecule has 20 heavy (non-hydrogen) atoms. The van der Waals surface area contributed by atoms with E-state index in [-0.39, 0.29) is 6.04 Å². The van der Waals surface area contributed by atoms with E-state index in [0.29, 0.717) is 0 Å². The zero-order valence-electron chi connectivity index (χ0n) is 11.9. The molecule has 0 saturated carbocycles. The van der Waals surface area contributed by atoms with Crippen molar-refractivity contribution in [3.63, 3.8) is 0 Å². The molecule has 0 aliphatic heterocycles. The van der Waals surface area contributed by atoms with Crippen LogP contribution >= 0.6 is 15.9 Å². The Kier molecular flexibility index (Phi) is 4.80. The van der Waals surface area contributed by atoms with E-state index in [9.17, 15) is 0 Å². The average molecular weight is 339 g/mol. The standard InChI is InChI=1S/C14H19BrN4O/c1-4-19-14(11(15)8-17-19)13(18-16)10-6-5-9(2)7-12(10)20-3/h5-8,13,18H,4,16H2,1-3H3. The third-order valence-corrected chi connectivity index (χ3v) is 3.88. The second kappa shape index (κ2) is 6.39. The maximum atomic E-state index is 5.78. The van der Waals surface area contributed by atoms with Gasteiger partial charge in [-0.25, -0.2) is 5.43 Å². The molecular weight excluding hydrogens is 320 g/mol. The van der Waals surface area contributed by atoms with Crippen molar-refractivity contribution in [3.8, 4) is 5.75 Å². The van der Waals surface area contributed by atoms with Crippen molar-refractivity contribution < 1.29 is 4.74 Å². The number of nitrogens with one attached hydrogen (secondary N) is 1. The second-order valence-electron chi connectivity index (χ2n) is 4.54. The fourth-order valence-electron chi connectivity index (χ4n) is 2.28. The molecule has 0 saturated heterocycles. The van der Waals surface area contributed by atoms with Crippen molar-refractivity contribution in [3.05, 3.63) is 45.7 Å². The Bertz CT molecular complexity index is 597. The van der Waals surface area contributed by atoms with Gasteiger partial charge in [0, 0.05) is 12.1 Å². The number of aromatic nitrogens is 2. The molecule has 0 bridgehead atoms. The Labute approximate surface area is 127 Å². The third-order valence-electron chi connectivity index (χ3n) is 3.27. The summed E-state index contributed by atoms with van der Waals surface area (Å²) in [7, 11) is 1.66. The molecule has 0 amide bonds. The molecule has 1 atom stereocenters. The van der Waals surface area contributed by atoms with Gasteiger partial charge in [-0.1, -0.05) is 12.1 Å². The molecule has 2 aromatic rings. The summed E-state index contributed by atoms with van der Waals surface area (Å²) in [6, 6.07) is 5.88. The van der Waals surface area contributed by atoms with E-state index in [4.69, 9.17) is 10.6 Å². The van der Waals surface area contributed by atoms with Gasteiger partial charge in [0.25, 0.3) is 0 Å². The minimum absolute atomic E-state index is 0.192. The maximum Gasteiger partial charge on any atom is 0.124 e. The van der Waals surface area contributed by atoms with Crippen molar-refractivity contribution in [2.75, 3.05) is 7.11 Å². The number of methoxy groups -OCH3 is 1. The lowest BCUT2D eigenvalue weighted by Crippen LogP contribution is -2.31. The van der Waals surface area contributed by atoms with Crippen LogP contribution in [0, 0.1) is 6.92 Å². The normalized spacial score (nSPS) is 12.4. The summed E-state index contributed by atoms with van der Waals surface area (Å²) in [4.78, 5) is 0. The summed E-state index contributed by atoms with van der Waals surface area (Å²) in [5.74, 6) is 6.59. The topological polar surface area (TPSA) is 65.1 Å². The van der Waals surface area contributed by atoms with Gasteiger partial charge >= 0.3 is 0 Å². The van der Waals surface area contributed by atoms with E-state index >= 15 is 0 Å². The lowest BCUT2D eigenvalue weighted by Gasteiger charge is -2.21. The molecule has 0 spiro atoms. The van der Waals surface area contributed by atoms with Crippen LogP contribution in [0.1, 0.15) is 29.8 Å². The number of benzene rings is 1. The van der Waals surface area contributed by atoms with Gasteiger partial charge in [-0.15, -0.1) is 0 Å². The predicted octanol–water partition coefficient (Wildman–Crippen LogP) is 2.54. The quantitative estimate of drug-likeness (QED) is 0.649. The Balaban J connectivity index is 2.55. The van der Waals surface area contributed by atoms with Crippen molar-refractivity contribution in [2.45, 2.75) is 26.4 Å². The Morgan fingerprint density at radius 2 is 2.25 bits per heavy atom. The van der Waals surface area contributed by atoms with E-state index in [1.54, 1.807) is 13.3 Å². The van der Waals surface area contributed by atoms with Gasteiger partial charge in [-0.3, -0.25) is 10.5 Å². The minimum atomic E-state index is -0.192. The van der Waals surface area contributed by atoms with Crippen LogP contribution in [0.3, 0.4) is 0 Å². The highest BCUT2D eigenvalue weighted by Crippen LogP contribution is 2.33. The van der Waals surface area contributed by atoms with Crippen LogP contribution in [-0.2, 0) is 6.54 Å². The van der Waals surface area contributed by atoms with Crippen molar-refractivity contribution in [1.29, 1.82) is 0 Å². The van der Waals surface area contributed by atoms with Crippen LogP contribution in [-0.4, -0.2) is 16.9 Å². The Hall–Kier alpha value is -1.37. The summed E-state index contributed by atoms with van der Waals surface area (Å²) < 4.78 is 8.31. The second-order valence-corrected chi connectivity index (χ2v) is 5.39. The van der Waals surface area contributed by atoms with Crippen molar-refractivity contribution in [2.24, 2.45) is 5.84 Å². The molecule has 1 heterocycles. The molecule has 3 N–H and O–H groups in total. The molecule has 0 fully saturated rings. The fourth-order valence-corrected chi connectivity index (χ4v) is 2.81. The number of hydrogen-bond acceptors (Lipinski definition) is 4. The fraction of sp³-hybridized carbons (Fsp3) is 0.357. The first kappa shape index (κ1) is 15.0. The molecule has 1 aromatic carbocycles. The maximum absolute atomic E-state index is 5.78. The summed E-state index contributed by atoms with van der Waals surface area (Å²) >= 11 is 3.54. The number of aryl methyl sites for hydroxylation is 2. The number of rotatable bonds is 5. The number of nitrogens with two attached hydrogens (primary N) is 1. The van der Waals surface area contributed by atoms with Crippen molar-refractivity contribution in [1.82, 2.24) is 15.2 Å². The van der Waals surface area contributed by atoms with Gasteiger partial charge in [0.15, 0.2) is 0 Å². The molecule has 1 unspecified atom stereocenters. The molecule has 5 nitrogen and oxygen atoms in total. The molecule has 2 rings (SSSR count). The average Bonchev–Trinajstić information content (AvgIpc) is 2.82. The van der Waals surface area contributed by atoms with E-state index in [1.807, 2.05) is 36.7 Å². The van der Waals surface area contributed by atoms with E-state index in [0.717, 1.165) is 33.6 Å². The van der Waals surface area contributed by atoms with Gasteiger partial charge in [-0.05, 0) is 41.4 Å². The van der Waals surface area contributed by atoms with Gasteiger partial charge < -0.3 is 4.74 Å². The number of hydrazine groups is 1. The monoisotopic (exact) mass is 338 g/mol. The van der Waals surface area contributed by atoms with Gasteiger partial charge in [0.2, 0.25) is 0 Å². The molecule has 1 aromatic heterocycles. The zero-order valence-corrected chi connectivity index (χ0v) is 13.4. The van der Waals surface area contributed by atoms with Crippen molar-refractivity contribution >= 4 is 15.9 Å². The molecule has 108 valence electrons. The SMILES string of the molecule is CCn1ncc(Br)c1C(NN)c1ccc(C)cc1OC. The number of nitrogens with zero attached hydrogens (tertiary/aromatic N) is 2. The number of halogens is 1. The Morgan fingerprint density at radius 3 is 2.85 bits per heavy atom. The summed E-state index contributed by atoms with van der Waals surface area (Å²) in [6.45, 7) is 4.85. The molecule has 0 aliphatic carbocycles. The lowest BCUT2D eigenvalue weighted by molar-refractivity contribution is 0.401. The largest absolute Gasteiger partial charge is 0.496 e. The highest BCUT2D eigenvalue weighted by molar-refractivity contribution is 9.10. The van der Waals surface area contributed by atoms with Crippen LogP contribution in [0.15, 0.2) is 28.9 Å². The van der Waals surface area contributed by atoms with Crippen LogP contribution in [0.4, 0.5) is 0 Å². The summed E-state index contributed by atoms with van der Waals surface area (Å²) in [5, 5.41) is 4.34. The predicted molar refractivity (Wildman–Crippen MR) is 82.5 cm³/mol. The summed E-state index contributed by atoms with van der Waals surface area (Å²) in [6.07, 6.45) is 1.78. The highest BCUT2D eigenvalue weighted by atomic mass is 79.9. The highest BCUT2D eigenvalue weighted by Gasteiger charge is 2.23. The van der Waals surface area contributed by atoms with E-state index < -0.39 is 0 Å². The lowest BCUT2D eigenvalue weighted by atomic mass is 10.0. The first-order valence-corrected chi connectivity index (χ1v) is 7.23. The zero-order chi connectivity index (χ0) is 14.7. The Morgan fingerprint density at radius 1 is 1.50 bits per heavy atom. The van der Waals surface area contributed by atoms with Crippen LogP contribution in [0.25, 0.3) is 0 Å². The smallest absolute Gasteiger partial charge is 0.124 e. The van der Waals surface area contributed by atoms with Gasteiger partial charge in [0.05, 0.1) is 29.5 Å². The molecule has 6 heteroatoms. The molecule has 0 radical (unpaired) electrons. The number of hydrogen-bond donors (Lipinski definition) is 2. The third kappa shape index (κ3) is 2.72. The minimum Gasteiger partial charge on any atom is -0.496 e. The first-order chi connectivity index (χ1) is 9.62. The number of ether oxygens (including phenoxy) is 1. The first-order valence-electron chi connectivity index (χ1n) is 6.44. The van der Waals surface area contributed by atoms with E-state index in [1.165, 1.54) is 0 Å². The van der Waals surface area contributed by atoms with E-state index in [2.05, 4.69) is 26.5 Å². The molecule has 0 aliphatic rings. The van der Waals surface area contributed by atoms with Crippen LogP contribution < -0.4 is 16.0 Å². The van der Waals surface area contributed by atoms with Gasteiger partial charge in [0.1, 0.15) is 5.75 Å². The summed E-state index contributed by atoms with van der Waals surface area (Å²) in [5.41, 5.74) is 5.97.